The van der Waals surface area contributed by atoms with Gasteiger partial charge in [-0.25, -0.2) is 0 Å². The minimum absolute atomic E-state index is 0.290. The van der Waals surface area contributed by atoms with Gasteiger partial charge in [-0.3, -0.25) is 9.59 Å². The molecule has 10 atom stereocenters. The average molecular weight is 404 g/mol. The Morgan fingerprint density at radius 3 is 2.69 bits per heavy atom. The van der Waals surface area contributed by atoms with Crippen molar-refractivity contribution in [1.82, 2.24) is 0 Å². The Hall–Kier alpha value is -1.28. The van der Waals surface area contributed by atoms with Crippen LogP contribution in [0.3, 0.4) is 0 Å². The maximum atomic E-state index is 13.7. The Morgan fingerprint density at radius 1 is 1.28 bits per heavy atom. The summed E-state index contributed by atoms with van der Waals surface area (Å²) in [5.74, 6) is -3.92. The first-order valence-electron chi connectivity index (χ1n) is 10.7. The molecule has 7 heteroatoms. The van der Waals surface area contributed by atoms with Gasteiger partial charge in [-0.15, -0.1) is 0 Å². The standard InChI is InChI=1S/C22H28O7/c1-9-11-8-12(27-10(2)23)13-20-7-5-6-19(3,4)14(20)16(25)22(26)21(13,15(9)24)17(11)28-18(20)29-22/h11-14,16-18,25-26H,1,5-8H2,2-4H3/t11-,12-,13+,14+,16-,17-,18-,20+,21-,22+/m0/s1. The highest BCUT2D eigenvalue weighted by molar-refractivity contribution is 6.05. The fourth-order valence-corrected chi connectivity index (χ4v) is 8.79. The van der Waals surface area contributed by atoms with Crippen LogP contribution in [0.15, 0.2) is 12.2 Å². The maximum absolute atomic E-state index is 13.7. The van der Waals surface area contributed by atoms with Gasteiger partial charge < -0.3 is 24.4 Å². The summed E-state index contributed by atoms with van der Waals surface area (Å²) in [7, 11) is 0. The van der Waals surface area contributed by atoms with Gasteiger partial charge in [0.05, 0.1) is 6.10 Å². The Balaban J connectivity index is 1.67. The van der Waals surface area contributed by atoms with Crippen molar-refractivity contribution in [2.75, 3.05) is 0 Å². The molecule has 29 heavy (non-hydrogen) atoms. The summed E-state index contributed by atoms with van der Waals surface area (Å²) in [6.45, 7) is 9.58. The number of carbonyl (C=O) groups is 2. The first kappa shape index (κ1) is 18.5. The first-order chi connectivity index (χ1) is 13.5. The van der Waals surface area contributed by atoms with Gasteiger partial charge in [0.15, 0.2) is 12.1 Å². The largest absolute Gasteiger partial charge is 0.462 e. The molecule has 2 N–H and O–H groups in total. The number of hydrogen-bond donors (Lipinski definition) is 2. The Morgan fingerprint density at radius 2 is 2.00 bits per heavy atom. The van der Waals surface area contributed by atoms with Crippen molar-refractivity contribution in [2.45, 2.75) is 76.8 Å². The van der Waals surface area contributed by atoms with Crippen LogP contribution in [-0.2, 0) is 23.8 Å². The summed E-state index contributed by atoms with van der Waals surface area (Å²) in [5.41, 5.74) is -2.09. The lowest BCUT2D eigenvalue weighted by atomic mass is 9.34. The minimum Gasteiger partial charge on any atom is -0.462 e. The fourth-order valence-electron chi connectivity index (χ4n) is 8.79. The van der Waals surface area contributed by atoms with Gasteiger partial charge in [-0.05, 0) is 30.3 Å². The molecule has 2 spiro atoms. The van der Waals surface area contributed by atoms with E-state index in [2.05, 4.69) is 20.4 Å². The van der Waals surface area contributed by atoms with E-state index in [9.17, 15) is 19.8 Å². The van der Waals surface area contributed by atoms with E-state index in [1.165, 1.54) is 6.92 Å². The quantitative estimate of drug-likeness (QED) is 0.502. The van der Waals surface area contributed by atoms with Crippen molar-refractivity contribution in [1.29, 1.82) is 0 Å². The lowest BCUT2D eigenvalue weighted by Crippen LogP contribution is -2.91. The van der Waals surface area contributed by atoms with Crippen LogP contribution in [0, 0.1) is 34.0 Å². The van der Waals surface area contributed by atoms with E-state index in [0.717, 1.165) is 12.8 Å². The van der Waals surface area contributed by atoms with Crippen LogP contribution in [-0.4, -0.2) is 52.4 Å². The molecule has 0 amide bonds. The summed E-state index contributed by atoms with van der Waals surface area (Å²) in [5, 5.41) is 23.4. The third-order valence-corrected chi connectivity index (χ3v) is 9.33. The minimum atomic E-state index is -2.07. The summed E-state index contributed by atoms with van der Waals surface area (Å²) >= 11 is 0. The molecule has 4 heterocycles. The number of ether oxygens (including phenoxy) is 3. The number of rotatable bonds is 1. The van der Waals surface area contributed by atoms with E-state index in [1.54, 1.807) is 0 Å². The summed E-state index contributed by atoms with van der Waals surface area (Å²) in [6.07, 6.45) is -0.170. The van der Waals surface area contributed by atoms with E-state index >= 15 is 0 Å². The van der Waals surface area contributed by atoms with Crippen LogP contribution >= 0.6 is 0 Å². The zero-order valence-corrected chi connectivity index (χ0v) is 17.0. The smallest absolute Gasteiger partial charge is 0.302 e. The monoisotopic (exact) mass is 404 g/mol. The highest BCUT2D eigenvalue weighted by Gasteiger charge is 2.93. The Bertz CT molecular complexity index is 865. The number of esters is 1. The Labute approximate surface area is 169 Å². The van der Waals surface area contributed by atoms with E-state index < -0.39 is 53.1 Å². The van der Waals surface area contributed by atoms with Gasteiger partial charge in [0.1, 0.15) is 17.6 Å². The van der Waals surface area contributed by atoms with E-state index in [1.807, 2.05) is 0 Å². The second kappa shape index (κ2) is 4.96. The molecule has 0 unspecified atom stereocenters. The van der Waals surface area contributed by atoms with Crippen molar-refractivity contribution in [2.24, 2.45) is 34.0 Å². The number of Topliss-reactive ketones (excluding diaryl/α,β-unsaturated/α-hetero) is 1. The molecule has 4 aliphatic heterocycles. The number of aliphatic hydroxyl groups is 2. The molecule has 4 saturated carbocycles. The number of aliphatic hydroxyl groups excluding tert-OH is 1. The van der Waals surface area contributed by atoms with E-state index in [0.29, 0.717) is 18.4 Å². The zero-order valence-electron chi connectivity index (χ0n) is 17.0. The molecule has 4 aliphatic carbocycles. The zero-order chi connectivity index (χ0) is 20.7. The Kier molecular flexibility index (Phi) is 3.16. The van der Waals surface area contributed by atoms with Gasteiger partial charge >= 0.3 is 5.97 Å². The van der Waals surface area contributed by atoms with Crippen LogP contribution in [0.4, 0.5) is 0 Å². The third-order valence-electron chi connectivity index (χ3n) is 9.33. The topological polar surface area (TPSA) is 102 Å². The van der Waals surface area contributed by atoms with Crippen LogP contribution in [0.5, 0.6) is 0 Å². The van der Waals surface area contributed by atoms with Gasteiger partial charge in [0.25, 0.3) is 0 Å². The normalized spacial score (nSPS) is 58.3. The molecule has 7 bridgehead atoms. The molecule has 8 aliphatic rings. The highest BCUT2D eigenvalue weighted by atomic mass is 16.8. The molecule has 8 fully saturated rings. The predicted molar refractivity (Wildman–Crippen MR) is 98.0 cm³/mol. The number of hydrogen-bond acceptors (Lipinski definition) is 7. The number of ketones is 1. The fraction of sp³-hybridized carbons (Fsp3) is 0.818. The van der Waals surface area contributed by atoms with E-state index in [4.69, 9.17) is 14.2 Å². The molecule has 0 radical (unpaired) electrons. The summed E-state index contributed by atoms with van der Waals surface area (Å²) in [4.78, 5) is 25.7. The maximum Gasteiger partial charge on any atom is 0.302 e. The molecular weight excluding hydrogens is 376 g/mol. The highest BCUT2D eigenvalue weighted by Crippen LogP contribution is 2.81. The lowest BCUT2D eigenvalue weighted by Gasteiger charge is -2.79. The van der Waals surface area contributed by atoms with Crippen LogP contribution in [0.2, 0.25) is 0 Å². The van der Waals surface area contributed by atoms with Gasteiger partial charge in [-0.2, -0.15) is 0 Å². The molecular formula is C22H28O7. The second-order valence-corrected chi connectivity index (χ2v) is 10.8. The van der Waals surface area contributed by atoms with Crippen molar-refractivity contribution < 1.29 is 34.0 Å². The van der Waals surface area contributed by atoms with Crippen LogP contribution in [0.25, 0.3) is 0 Å². The van der Waals surface area contributed by atoms with Gasteiger partial charge in [0, 0.05) is 30.1 Å². The van der Waals surface area contributed by atoms with Crippen molar-refractivity contribution in [3.05, 3.63) is 12.2 Å². The van der Waals surface area contributed by atoms with Crippen molar-refractivity contribution in [3.63, 3.8) is 0 Å². The third kappa shape index (κ3) is 1.61. The first-order valence-corrected chi connectivity index (χ1v) is 10.7. The molecule has 4 saturated heterocycles. The van der Waals surface area contributed by atoms with Crippen molar-refractivity contribution in [3.8, 4) is 0 Å². The number of carbonyl (C=O) groups excluding carboxylic acids is 2. The van der Waals surface area contributed by atoms with E-state index in [-0.39, 0.29) is 23.0 Å². The molecule has 158 valence electrons. The van der Waals surface area contributed by atoms with Crippen LogP contribution < -0.4 is 0 Å². The molecule has 0 aromatic carbocycles. The average Bonchev–Trinajstić information content (AvgIpc) is 2.76. The molecule has 8 rings (SSSR count). The summed E-state index contributed by atoms with van der Waals surface area (Å²) in [6, 6.07) is 0. The second-order valence-electron chi connectivity index (χ2n) is 10.8. The lowest BCUT2D eigenvalue weighted by molar-refractivity contribution is -0.554. The van der Waals surface area contributed by atoms with Crippen molar-refractivity contribution >= 4 is 11.8 Å². The molecule has 7 nitrogen and oxygen atoms in total. The van der Waals surface area contributed by atoms with Crippen LogP contribution in [0.1, 0.15) is 46.5 Å². The SMILES string of the molecule is C=C1C(=O)[C@@]23[C@@H]4[C@@H](OC(C)=O)C[C@@H]1[C@@H]2O[C@H]1O[C@]3(O)[C@@H](O)[C@@H]2C(C)(C)CCC[C@]124. The molecule has 0 aromatic heterocycles. The van der Waals surface area contributed by atoms with Gasteiger partial charge in [0.2, 0.25) is 5.79 Å². The molecule has 0 aromatic rings. The van der Waals surface area contributed by atoms with Gasteiger partial charge in [-0.1, -0.05) is 26.8 Å². The predicted octanol–water partition coefficient (Wildman–Crippen LogP) is 1.31. The summed E-state index contributed by atoms with van der Waals surface area (Å²) < 4.78 is 18.3.